The first-order chi connectivity index (χ1) is 4.83. The minimum absolute atomic E-state index is 0.844. The Bertz CT molecular complexity index is 30.2. The monoisotopic (exact) mass is 147 g/mol. The summed E-state index contributed by atoms with van der Waals surface area (Å²) in [5.74, 6) is 0. The van der Waals surface area contributed by atoms with Crippen molar-refractivity contribution < 1.29 is 4.74 Å². The molecule has 0 atom stereocenters. The van der Waals surface area contributed by atoms with Crippen molar-refractivity contribution in [2.24, 2.45) is 5.73 Å². The van der Waals surface area contributed by atoms with Crippen LogP contribution >= 0.6 is 0 Å². The van der Waals surface area contributed by atoms with Crippen molar-refractivity contribution in [3.8, 4) is 0 Å². The lowest BCUT2D eigenvalue weighted by atomic mass is 10.3. The average Bonchev–Trinajstić information content (AvgIpc) is 1.93. The summed E-state index contributed by atoms with van der Waals surface area (Å²) < 4.78 is 4.83. The van der Waals surface area contributed by atoms with Crippen LogP contribution in [0.25, 0.3) is 0 Å². The first-order valence-corrected chi connectivity index (χ1v) is 4.11. The molecule has 0 radical (unpaired) electrons. The molecule has 0 bridgehead atoms. The minimum Gasteiger partial charge on any atom is -0.382 e. The molecule has 2 heteroatoms. The molecular formula is C8H21NO. The second-order valence-electron chi connectivity index (χ2n) is 1.92. The van der Waals surface area contributed by atoms with Crippen molar-refractivity contribution in [2.75, 3.05) is 19.8 Å². The van der Waals surface area contributed by atoms with E-state index in [-0.39, 0.29) is 0 Å². The molecule has 0 spiro atoms. The zero-order chi connectivity index (χ0) is 8.24. The fraction of sp³-hybridized carbons (Fsp3) is 1.00. The number of hydrogen-bond acceptors (Lipinski definition) is 2. The molecule has 0 rings (SSSR count). The van der Waals surface area contributed by atoms with E-state index in [0.717, 1.165) is 19.8 Å². The molecular weight excluding hydrogens is 126 g/mol. The Kier molecular flexibility index (Phi) is 20.1. The summed E-state index contributed by atoms with van der Waals surface area (Å²) in [4.78, 5) is 0. The van der Waals surface area contributed by atoms with Gasteiger partial charge in [-0.3, -0.25) is 0 Å². The topological polar surface area (TPSA) is 35.2 Å². The molecule has 2 N–H and O–H groups in total. The molecule has 0 saturated carbocycles. The van der Waals surface area contributed by atoms with E-state index >= 15 is 0 Å². The lowest BCUT2D eigenvalue weighted by molar-refractivity contribution is 0.162. The van der Waals surface area contributed by atoms with Gasteiger partial charge < -0.3 is 10.5 Å². The Balaban J connectivity index is 0. The van der Waals surface area contributed by atoms with Crippen molar-refractivity contribution in [3.05, 3.63) is 0 Å². The molecule has 0 amide bonds. The zero-order valence-corrected chi connectivity index (χ0v) is 7.52. The highest BCUT2D eigenvalue weighted by molar-refractivity contribution is 4.29. The van der Waals surface area contributed by atoms with E-state index < -0.39 is 0 Å². The van der Waals surface area contributed by atoms with E-state index in [9.17, 15) is 0 Å². The van der Waals surface area contributed by atoms with Crippen LogP contribution in [0.4, 0.5) is 0 Å². The van der Waals surface area contributed by atoms with Gasteiger partial charge in [0.25, 0.3) is 0 Å². The van der Waals surface area contributed by atoms with E-state index in [0.29, 0.717) is 0 Å². The maximum atomic E-state index is 5.14. The zero-order valence-electron chi connectivity index (χ0n) is 7.52. The number of nitrogens with two attached hydrogens (primary N) is 1. The predicted molar refractivity (Wildman–Crippen MR) is 46.1 cm³/mol. The molecule has 0 aliphatic heterocycles. The third-order valence-electron chi connectivity index (χ3n) is 0.966. The number of ether oxygens (including phenoxy) is 1. The van der Waals surface area contributed by atoms with Crippen LogP contribution in [0.5, 0.6) is 0 Å². The largest absolute Gasteiger partial charge is 0.382 e. The van der Waals surface area contributed by atoms with E-state index in [1.54, 1.807) is 0 Å². The van der Waals surface area contributed by atoms with Crippen LogP contribution < -0.4 is 5.73 Å². The first kappa shape index (κ1) is 12.6. The molecule has 10 heavy (non-hydrogen) atoms. The van der Waals surface area contributed by atoms with Gasteiger partial charge in [0.05, 0.1) is 0 Å². The number of rotatable bonds is 4. The summed E-state index contributed by atoms with van der Waals surface area (Å²) in [6, 6.07) is 0. The molecule has 0 aromatic heterocycles. The van der Waals surface area contributed by atoms with Crippen LogP contribution in [0.15, 0.2) is 0 Å². The quantitative estimate of drug-likeness (QED) is 0.658. The SMILES string of the molecule is CCCCN.CCOCC. The van der Waals surface area contributed by atoms with Crippen molar-refractivity contribution in [1.82, 2.24) is 0 Å². The maximum Gasteiger partial charge on any atom is 0.0437 e. The molecule has 0 aromatic rings. The highest BCUT2D eigenvalue weighted by Crippen LogP contribution is 1.77. The van der Waals surface area contributed by atoms with Gasteiger partial charge in [0.2, 0.25) is 0 Å². The first-order valence-electron chi connectivity index (χ1n) is 4.11. The summed E-state index contributed by atoms with van der Waals surface area (Å²) >= 11 is 0. The van der Waals surface area contributed by atoms with Gasteiger partial charge in [-0.15, -0.1) is 0 Å². The van der Waals surface area contributed by atoms with Crippen LogP contribution in [0.1, 0.15) is 33.6 Å². The Labute approximate surface area is 64.8 Å². The van der Waals surface area contributed by atoms with Crippen molar-refractivity contribution in [3.63, 3.8) is 0 Å². The lowest BCUT2D eigenvalue weighted by Crippen LogP contribution is -1.95. The van der Waals surface area contributed by atoms with E-state index in [1.807, 2.05) is 13.8 Å². The summed E-state index contributed by atoms with van der Waals surface area (Å²) in [7, 11) is 0. The van der Waals surface area contributed by atoms with Crippen molar-refractivity contribution >= 4 is 0 Å². The van der Waals surface area contributed by atoms with Gasteiger partial charge >= 0.3 is 0 Å². The van der Waals surface area contributed by atoms with Gasteiger partial charge in [0.1, 0.15) is 0 Å². The Morgan fingerprint density at radius 1 is 1.10 bits per heavy atom. The van der Waals surface area contributed by atoms with Gasteiger partial charge in [0, 0.05) is 13.2 Å². The number of unbranched alkanes of at least 4 members (excludes halogenated alkanes) is 1. The van der Waals surface area contributed by atoms with Crippen LogP contribution in [-0.4, -0.2) is 19.8 Å². The van der Waals surface area contributed by atoms with E-state index in [4.69, 9.17) is 10.5 Å². The standard InChI is InChI=1S/C4H11N.C4H10O/c1-2-3-4-5;1-3-5-4-2/h2-5H2,1H3;3-4H2,1-2H3. The normalized spacial score (nSPS) is 8.40. The average molecular weight is 147 g/mol. The molecule has 0 aromatic carbocycles. The second kappa shape index (κ2) is 16.0. The molecule has 0 unspecified atom stereocenters. The minimum atomic E-state index is 0.844. The fourth-order valence-corrected chi connectivity index (χ4v) is 0.408. The van der Waals surface area contributed by atoms with E-state index in [1.165, 1.54) is 12.8 Å². The number of hydrogen-bond donors (Lipinski definition) is 1. The Morgan fingerprint density at radius 2 is 1.60 bits per heavy atom. The molecule has 0 aliphatic carbocycles. The van der Waals surface area contributed by atoms with Gasteiger partial charge in [-0.25, -0.2) is 0 Å². The summed E-state index contributed by atoms with van der Waals surface area (Å²) in [5.41, 5.74) is 5.14. The summed E-state index contributed by atoms with van der Waals surface area (Å²) in [5, 5.41) is 0. The highest BCUT2D eigenvalue weighted by atomic mass is 16.5. The third-order valence-corrected chi connectivity index (χ3v) is 0.966. The molecule has 64 valence electrons. The maximum absolute atomic E-state index is 5.14. The van der Waals surface area contributed by atoms with Crippen molar-refractivity contribution in [1.29, 1.82) is 0 Å². The molecule has 0 saturated heterocycles. The molecule has 2 nitrogen and oxygen atoms in total. The molecule has 0 fully saturated rings. The second-order valence-corrected chi connectivity index (χ2v) is 1.92. The van der Waals surface area contributed by atoms with E-state index in [2.05, 4.69) is 6.92 Å². The van der Waals surface area contributed by atoms with Crippen LogP contribution in [-0.2, 0) is 4.74 Å². The summed E-state index contributed by atoms with van der Waals surface area (Å²) in [6.45, 7) is 8.64. The lowest BCUT2D eigenvalue weighted by Gasteiger charge is -1.86. The molecule has 0 heterocycles. The summed E-state index contributed by atoms with van der Waals surface area (Å²) in [6.07, 6.45) is 2.39. The van der Waals surface area contributed by atoms with Gasteiger partial charge in [-0.1, -0.05) is 13.3 Å². The molecule has 0 aliphatic rings. The van der Waals surface area contributed by atoms with Gasteiger partial charge in [-0.2, -0.15) is 0 Å². The Morgan fingerprint density at radius 3 is 1.60 bits per heavy atom. The van der Waals surface area contributed by atoms with Crippen LogP contribution in [0.3, 0.4) is 0 Å². The van der Waals surface area contributed by atoms with Gasteiger partial charge in [0.15, 0.2) is 0 Å². The smallest absolute Gasteiger partial charge is 0.0437 e. The highest BCUT2D eigenvalue weighted by Gasteiger charge is 1.68. The predicted octanol–water partition coefficient (Wildman–Crippen LogP) is 1.79. The third kappa shape index (κ3) is 24.7. The van der Waals surface area contributed by atoms with Gasteiger partial charge in [-0.05, 0) is 26.8 Å². The fourth-order valence-electron chi connectivity index (χ4n) is 0.408. The van der Waals surface area contributed by atoms with Crippen LogP contribution in [0, 0.1) is 0 Å². The van der Waals surface area contributed by atoms with Crippen LogP contribution in [0.2, 0.25) is 0 Å². The van der Waals surface area contributed by atoms with Crippen molar-refractivity contribution in [2.45, 2.75) is 33.6 Å². The Hall–Kier alpha value is -0.0800.